The van der Waals surface area contributed by atoms with Crippen molar-refractivity contribution in [2.45, 2.75) is 30.4 Å². The number of carbonyl (C=O) groups is 1. The maximum atomic E-state index is 12.9. The molecule has 3 rings (SSSR count). The fourth-order valence-corrected chi connectivity index (χ4v) is 4.15. The summed E-state index contributed by atoms with van der Waals surface area (Å²) in [6.07, 6.45) is 0.802. The highest BCUT2D eigenvalue weighted by atomic mass is 32.2. The van der Waals surface area contributed by atoms with Gasteiger partial charge in [0.15, 0.2) is 5.78 Å². The molecule has 1 unspecified atom stereocenters. The normalized spacial score (nSPS) is 16.6. The molecule has 1 aliphatic rings. The van der Waals surface area contributed by atoms with Crippen LogP contribution in [0.3, 0.4) is 0 Å². The molecule has 2 nitrogen and oxygen atoms in total. The lowest BCUT2D eigenvalue weighted by molar-refractivity contribution is 0.0986. The number of fused-ring (bicyclic) bond motifs is 1. The second kappa shape index (κ2) is 5.57. The predicted octanol–water partition coefficient (Wildman–Crippen LogP) is 4.21. The lowest BCUT2D eigenvalue weighted by Gasteiger charge is -2.15. The Hall–Kier alpha value is -1.74. The van der Waals surface area contributed by atoms with Crippen molar-refractivity contribution >= 4 is 17.5 Å². The first kappa shape index (κ1) is 14.2. The van der Waals surface area contributed by atoms with Crippen LogP contribution < -0.4 is 4.74 Å². The smallest absolute Gasteiger partial charge is 0.180 e. The Morgan fingerprint density at radius 1 is 1.24 bits per heavy atom. The van der Waals surface area contributed by atoms with Crippen LogP contribution in [0.4, 0.5) is 0 Å². The van der Waals surface area contributed by atoms with Crippen molar-refractivity contribution in [3.8, 4) is 5.75 Å². The van der Waals surface area contributed by atoms with Crippen LogP contribution in [-0.2, 0) is 6.42 Å². The second-order valence-corrected chi connectivity index (χ2v) is 6.69. The topological polar surface area (TPSA) is 26.3 Å². The summed E-state index contributed by atoms with van der Waals surface area (Å²) in [7, 11) is 1.63. The summed E-state index contributed by atoms with van der Waals surface area (Å²) in [6, 6.07) is 12.2. The minimum absolute atomic E-state index is 0.0438. The molecule has 2 aromatic rings. The molecule has 0 aromatic heterocycles. The van der Waals surface area contributed by atoms with Crippen molar-refractivity contribution in [1.29, 1.82) is 0 Å². The van der Waals surface area contributed by atoms with Gasteiger partial charge in [0.05, 0.1) is 17.9 Å². The molecule has 2 aromatic carbocycles. The van der Waals surface area contributed by atoms with E-state index in [4.69, 9.17) is 4.74 Å². The van der Waals surface area contributed by atoms with E-state index in [1.54, 1.807) is 18.9 Å². The lowest BCUT2D eigenvalue weighted by atomic mass is 9.96. The van der Waals surface area contributed by atoms with E-state index in [1.807, 2.05) is 38.1 Å². The maximum Gasteiger partial charge on any atom is 0.180 e. The molecule has 0 spiro atoms. The number of Topliss-reactive ketones (excluding diaryl/α,β-unsaturated/α-hetero) is 1. The fraction of sp³-hybridized carbons (Fsp3) is 0.278. The summed E-state index contributed by atoms with van der Waals surface area (Å²) in [5.74, 6) is 0.861. The summed E-state index contributed by atoms with van der Waals surface area (Å²) in [5.41, 5.74) is 4.11. The molecule has 21 heavy (non-hydrogen) atoms. The third kappa shape index (κ3) is 2.58. The van der Waals surface area contributed by atoms with Gasteiger partial charge in [0.25, 0.3) is 0 Å². The van der Waals surface area contributed by atoms with Gasteiger partial charge < -0.3 is 4.74 Å². The molecule has 0 amide bonds. The quantitative estimate of drug-likeness (QED) is 0.794. The number of ketones is 1. The molecular formula is C18H18O2S. The zero-order valence-electron chi connectivity index (χ0n) is 12.5. The van der Waals surface area contributed by atoms with Crippen molar-refractivity contribution < 1.29 is 9.53 Å². The molecule has 0 fully saturated rings. The number of hydrogen-bond donors (Lipinski definition) is 0. The monoisotopic (exact) mass is 298 g/mol. The first-order chi connectivity index (χ1) is 10.1. The van der Waals surface area contributed by atoms with Crippen molar-refractivity contribution in [1.82, 2.24) is 0 Å². The van der Waals surface area contributed by atoms with Crippen molar-refractivity contribution in [3.63, 3.8) is 0 Å². The van der Waals surface area contributed by atoms with Crippen molar-refractivity contribution in [3.05, 3.63) is 58.7 Å². The first-order valence-electron chi connectivity index (χ1n) is 7.04. The molecule has 0 saturated heterocycles. The molecule has 0 bridgehead atoms. The average Bonchev–Trinajstić information content (AvgIpc) is 2.89. The highest BCUT2D eigenvalue weighted by molar-refractivity contribution is 8.01. The van der Waals surface area contributed by atoms with Gasteiger partial charge in [-0.05, 0) is 49.1 Å². The van der Waals surface area contributed by atoms with E-state index in [0.29, 0.717) is 5.75 Å². The van der Waals surface area contributed by atoms with Gasteiger partial charge in [-0.15, -0.1) is 11.8 Å². The van der Waals surface area contributed by atoms with E-state index < -0.39 is 0 Å². The van der Waals surface area contributed by atoms with Crippen LogP contribution in [0.1, 0.15) is 27.0 Å². The largest absolute Gasteiger partial charge is 0.496 e. The van der Waals surface area contributed by atoms with Gasteiger partial charge in [0, 0.05) is 4.90 Å². The molecule has 1 heterocycles. The summed E-state index contributed by atoms with van der Waals surface area (Å²) in [4.78, 5) is 14.1. The SMILES string of the molecule is COc1cc(C)cc(C)c1C(=O)C1Cc2ccccc2S1. The Morgan fingerprint density at radius 2 is 2.00 bits per heavy atom. The van der Waals surface area contributed by atoms with E-state index >= 15 is 0 Å². The average molecular weight is 298 g/mol. The Balaban J connectivity index is 1.94. The zero-order valence-corrected chi connectivity index (χ0v) is 13.3. The van der Waals surface area contributed by atoms with Gasteiger partial charge in [-0.1, -0.05) is 24.3 Å². The minimum atomic E-state index is -0.0438. The van der Waals surface area contributed by atoms with E-state index in [2.05, 4.69) is 12.1 Å². The van der Waals surface area contributed by atoms with E-state index in [9.17, 15) is 4.79 Å². The van der Waals surface area contributed by atoms with Gasteiger partial charge in [-0.2, -0.15) is 0 Å². The number of hydrogen-bond acceptors (Lipinski definition) is 3. The summed E-state index contributed by atoms with van der Waals surface area (Å²) in [5, 5.41) is -0.0438. The maximum absolute atomic E-state index is 12.9. The summed E-state index contributed by atoms with van der Waals surface area (Å²) >= 11 is 1.67. The number of methoxy groups -OCH3 is 1. The molecule has 1 aliphatic heterocycles. The van der Waals surface area contributed by atoms with Crippen LogP contribution in [-0.4, -0.2) is 18.1 Å². The van der Waals surface area contributed by atoms with Gasteiger partial charge in [0.1, 0.15) is 5.75 Å². The molecular weight excluding hydrogens is 280 g/mol. The Kier molecular flexibility index (Phi) is 3.77. The third-order valence-electron chi connectivity index (χ3n) is 3.85. The van der Waals surface area contributed by atoms with Crippen LogP contribution in [0, 0.1) is 13.8 Å². The van der Waals surface area contributed by atoms with Gasteiger partial charge in [-0.25, -0.2) is 0 Å². The van der Waals surface area contributed by atoms with Gasteiger partial charge in [-0.3, -0.25) is 4.79 Å². The second-order valence-electron chi connectivity index (χ2n) is 5.44. The number of thioether (sulfide) groups is 1. The molecule has 3 heteroatoms. The van der Waals surface area contributed by atoms with Gasteiger partial charge in [0.2, 0.25) is 0 Å². The van der Waals surface area contributed by atoms with Crippen LogP contribution in [0.5, 0.6) is 5.75 Å². The zero-order chi connectivity index (χ0) is 15.0. The number of benzene rings is 2. The molecule has 0 aliphatic carbocycles. The van der Waals surface area contributed by atoms with E-state index in [0.717, 1.165) is 23.1 Å². The Morgan fingerprint density at radius 3 is 2.71 bits per heavy atom. The molecule has 0 N–H and O–H groups in total. The number of rotatable bonds is 3. The number of ether oxygens (including phenoxy) is 1. The van der Waals surface area contributed by atoms with E-state index in [-0.39, 0.29) is 11.0 Å². The predicted molar refractivity (Wildman–Crippen MR) is 86.6 cm³/mol. The highest BCUT2D eigenvalue weighted by Gasteiger charge is 2.31. The van der Waals surface area contributed by atoms with E-state index in [1.165, 1.54) is 10.5 Å². The number of aryl methyl sites for hydroxylation is 2. The molecule has 0 saturated carbocycles. The van der Waals surface area contributed by atoms with Crippen LogP contribution in [0.2, 0.25) is 0 Å². The summed E-state index contributed by atoms with van der Waals surface area (Å²) in [6.45, 7) is 4.00. The van der Waals surface area contributed by atoms with Crippen LogP contribution in [0.15, 0.2) is 41.3 Å². The van der Waals surface area contributed by atoms with Gasteiger partial charge >= 0.3 is 0 Å². The first-order valence-corrected chi connectivity index (χ1v) is 7.92. The highest BCUT2D eigenvalue weighted by Crippen LogP contribution is 2.40. The lowest BCUT2D eigenvalue weighted by Crippen LogP contribution is -2.18. The Bertz CT molecular complexity index is 681. The molecule has 108 valence electrons. The van der Waals surface area contributed by atoms with Crippen molar-refractivity contribution in [2.75, 3.05) is 7.11 Å². The fourth-order valence-electron chi connectivity index (χ4n) is 2.89. The Labute approximate surface area is 129 Å². The molecule has 0 radical (unpaired) electrons. The number of carbonyl (C=O) groups excluding carboxylic acids is 1. The minimum Gasteiger partial charge on any atom is -0.496 e. The van der Waals surface area contributed by atoms with Crippen LogP contribution in [0.25, 0.3) is 0 Å². The standard InChI is InChI=1S/C18H18O2S/c1-11-8-12(2)17(14(9-11)20-3)18(19)16-10-13-6-4-5-7-15(13)21-16/h4-9,16H,10H2,1-3H3. The van der Waals surface area contributed by atoms with Crippen LogP contribution >= 0.6 is 11.8 Å². The van der Waals surface area contributed by atoms with Crippen molar-refractivity contribution in [2.24, 2.45) is 0 Å². The summed E-state index contributed by atoms with van der Waals surface area (Å²) < 4.78 is 5.43. The third-order valence-corrected chi connectivity index (χ3v) is 5.17. The molecule has 1 atom stereocenters.